The zero-order chi connectivity index (χ0) is 12.3. The molecule has 0 fully saturated rings. The maximum absolute atomic E-state index is 10.3. The Morgan fingerprint density at radius 1 is 1.18 bits per heavy atom. The van der Waals surface area contributed by atoms with Crippen molar-refractivity contribution in [3.05, 3.63) is 35.9 Å². The zero-order valence-corrected chi connectivity index (χ0v) is 9.89. The van der Waals surface area contributed by atoms with Gasteiger partial charge in [-0.05, 0) is 18.4 Å². The number of carbonyl (C=O) groups is 1. The van der Waals surface area contributed by atoms with Gasteiger partial charge in [-0.1, -0.05) is 36.8 Å². The molecule has 4 nitrogen and oxygen atoms in total. The predicted octanol–water partition coefficient (Wildman–Crippen LogP) is 2.35. The number of carboxylic acid groups (broad SMARTS) is 1. The molecule has 0 spiro atoms. The van der Waals surface area contributed by atoms with E-state index in [4.69, 9.17) is 9.94 Å². The van der Waals surface area contributed by atoms with Crippen LogP contribution in [0.15, 0.2) is 30.3 Å². The molecule has 0 bridgehead atoms. The fourth-order valence-corrected chi connectivity index (χ4v) is 1.43. The van der Waals surface area contributed by atoms with Crippen LogP contribution in [0, 0.1) is 0 Å². The van der Waals surface area contributed by atoms with Crippen LogP contribution in [0.3, 0.4) is 0 Å². The van der Waals surface area contributed by atoms with Gasteiger partial charge in [-0.25, -0.2) is 5.48 Å². The van der Waals surface area contributed by atoms with Crippen LogP contribution in [0.5, 0.6) is 0 Å². The maximum atomic E-state index is 10.3. The number of hydrogen-bond donors (Lipinski definition) is 2. The molecule has 4 heteroatoms. The molecular formula is C13H19NO3. The molecule has 1 rings (SSSR count). The van der Waals surface area contributed by atoms with Gasteiger partial charge in [-0.3, -0.25) is 9.63 Å². The van der Waals surface area contributed by atoms with Gasteiger partial charge in [-0.15, -0.1) is 0 Å². The molecule has 0 aliphatic rings. The number of carboxylic acids is 1. The van der Waals surface area contributed by atoms with Crippen molar-refractivity contribution in [3.63, 3.8) is 0 Å². The molecule has 0 aliphatic carbocycles. The summed E-state index contributed by atoms with van der Waals surface area (Å²) in [5.74, 6) is -0.724. The molecule has 0 saturated carbocycles. The van der Waals surface area contributed by atoms with E-state index in [2.05, 4.69) is 5.48 Å². The van der Waals surface area contributed by atoms with E-state index in [9.17, 15) is 4.79 Å². The Bertz CT molecular complexity index is 314. The quantitative estimate of drug-likeness (QED) is 0.511. The third-order valence-corrected chi connectivity index (χ3v) is 2.35. The minimum atomic E-state index is -0.724. The van der Waals surface area contributed by atoms with E-state index in [1.807, 2.05) is 30.3 Å². The Kier molecular flexibility index (Phi) is 7.02. The van der Waals surface area contributed by atoms with Gasteiger partial charge in [-0.2, -0.15) is 0 Å². The molecule has 0 aromatic heterocycles. The SMILES string of the molecule is O=C(O)CCCCCNOCc1ccccc1. The summed E-state index contributed by atoms with van der Waals surface area (Å²) in [6.45, 7) is 1.31. The van der Waals surface area contributed by atoms with E-state index < -0.39 is 5.97 Å². The Morgan fingerprint density at radius 3 is 2.65 bits per heavy atom. The van der Waals surface area contributed by atoms with Gasteiger partial charge in [0.1, 0.15) is 0 Å². The van der Waals surface area contributed by atoms with Crippen molar-refractivity contribution in [2.45, 2.75) is 32.3 Å². The standard InChI is InChI=1S/C13H19NO3/c15-13(16)9-5-2-6-10-14-17-11-12-7-3-1-4-8-12/h1,3-4,7-8,14H,2,5-6,9-11H2,(H,15,16). The lowest BCUT2D eigenvalue weighted by atomic mass is 10.2. The van der Waals surface area contributed by atoms with E-state index in [0.29, 0.717) is 6.61 Å². The van der Waals surface area contributed by atoms with Gasteiger partial charge in [0.05, 0.1) is 6.61 Å². The van der Waals surface area contributed by atoms with Crippen LogP contribution in [0.2, 0.25) is 0 Å². The molecule has 0 aliphatic heterocycles. The Morgan fingerprint density at radius 2 is 1.94 bits per heavy atom. The van der Waals surface area contributed by atoms with Crippen molar-refractivity contribution in [2.24, 2.45) is 0 Å². The van der Waals surface area contributed by atoms with Crippen molar-refractivity contribution in [3.8, 4) is 0 Å². The second-order valence-electron chi connectivity index (χ2n) is 3.87. The lowest BCUT2D eigenvalue weighted by Gasteiger charge is -2.05. The average molecular weight is 237 g/mol. The van der Waals surface area contributed by atoms with Gasteiger partial charge in [0.25, 0.3) is 0 Å². The Hall–Kier alpha value is -1.39. The van der Waals surface area contributed by atoms with Crippen molar-refractivity contribution in [1.82, 2.24) is 5.48 Å². The second-order valence-corrected chi connectivity index (χ2v) is 3.87. The van der Waals surface area contributed by atoms with E-state index >= 15 is 0 Å². The topological polar surface area (TPSA) is 58.6 Å². The van der Waals surface area contributed by atoms with Crippen LogP contribution >= 0.6 is 0 Å². The van der Waals surface area contributed by atoms with Crippen LogP contribution in [-0.4, -0.2) is 17.6 Å². The second kappa shape index (κ2) is 8.73. The Balaban J connectivity index is 1.90. The van der Waals surface area contributed by atoms with Crippen LogP contribution in [0.4, 0.5) is 0 Å². The first-order valence-corrected chi connectivity index (χ1v) is 5.89. The molecule has 0 saturated heterocycles. The Labute approximate surface area is 102 Å². The molecule has 1 aromatic rings. The summed E-state index contributed by atoms with van der Waals surface area (Å²) in [5, 5.41) is 8.44. The summed E-state index contributed by atoms with van der Waals surface area (Å²) in [5.41, 5.74) is 4.01. The minimum Gasteiger partial charge on any atom is -0.481 e. The molecule has 0 radical (unpaired) electrons. The summed E-state index contributed by atoms with van der Waals surface area (Å²) in [4.78, 5) is 15.5. The van der Waals surface area contributed by atoms with Crippen LogP contribution in [0.25, 0.3) is 0 Å². The summed E-state index contributed by atoms with van der Waals surface area (Å²) >= 11 is 0. The maximum Gasteiger partial charge on any atom is 0.303 e. The number of benzene rings is 1. The third-order valence-electron chi connectivity index (χ3n) is 2.35. The molecule has 0 atom stereocenters. The first-order valence-electron chi connectivity index (χ1n) is 5.89. The van der Waals surface area contributed by atoms with Crippen LogP contribution in [-0.2, 0) is 16.2 Å². The molecule has 0 amide bonds. The molecular weight excluding hydrogens is 218 g/mol. The number of hydroxylamine groups is 1. The van der Waals surface area contributed by atoms with Gasteiger partial charge < -0.3 is 5.11 Å². The summed E-state index contributed by atoms with van der Waals surface area (Å²) < 4.78 is 0. The number of hydrogen-bond acceptors (Lipinski definition) is 3. The van der Waals surface area contributed by atoms with E-state index in [1.165, 1.54) is 0 Å². The van der Waals surface area contributed by atoms with Crippen molar-refractivity contribution in [2.75, 3.05) is 6.54 Å². The highest BCUT2D eigenvalue weighted by Crippen LogP contribution is 2.00. The number of unbranched alkanes of at least 4 members (excludes halogenated alkanes) is 2. The monoisotopic (exact) mass is 237 g/mol. The predicted molar refractivity (Wildman–Crippen MR) is 65.3 cm³/mol. The number of rotatable bonds is 9. The van der Waals surface area contributed by atoms with Crippen LogP contribution in [0.1, 0.15) is 31.2 Å². The summed E-state index contributed by atoms with van der Waals surface area (Å²) in [7, 11) is 0. The molecule has 0 heterocycles. The van der Waals surface area contributed by atoms with Gasteiger partial charge in [0.2, 0.25) is 0 Å². The average Bonchev–Trinajstić information content (AvgIpc) is 2.33. The zero-order valence-electron chi connectivity index (χ0n) is 9.89. The molecule has 1 aromatic carbocycles. The highest BCUT2D eigenvalue weighted by atomic mass is 16.6. The normalized spacial score (nSPS) is 10.4. The molecule has 0 unspecified atom stereocenters. The van der Waals surface area contributed by atoms with Gasteiger partial charge >= 0.3 is 5.97 Å². The fraction of sp³-hybridized carbons (Fsp3) is 0.462. The molecule has 2 N–H and O–H groups in total. The minimum absolute atomic E-state index is 0.255. The van der Waals surface area contributed by atoms with E-state index in [-0.39, 0.29) is 6.42 Å². The lowest BCUT2D eigenvalue weighted by molar-refractivity contribution is -0.137. The highest BCUT2D eigenvalue weighted by molar-refractivity contribution is 5.66. The number of nitrogens with one attached hydrogen (secondary N) is 1. The first kappa shape index (κ1) is 13.7. The van der Waals surface area contributed by atoms with Crippen molar-refractivity contribution < 1.29 is 14.7 Å². The van der Waals surface area contributed by atoms with Crippen LogP contribution < -0.4 is 5.48 Å². The summed E-state index contributed by atoms with van der Waals surface area (Å²) in [6, 6.07) is 9.94. The highest BCUT2D eigenvalue weighted by Gasteiger charge is 1.96. The third kappa shape index (κ3) is 7.49. The first-order chi connectivity index (χ1) is 8.29. The van der Waals surface area contributed by atoms with Crippen molar-refractivity contribution in [1.29, 1.82) is 0 Å². The largest absolute Gasteiger partial charge is 0.481 e. The fourth-order valence-electron chi connectivity index (χ4n) is 1.43. The number of aliphatic carboxylic acids is 1. The smallest absolute Gasteiger partial charge is 0.303 e. The summed E-state index contributed by atoms with van der Waals surface area (Å²) in [6.07, 6.45) is 2.83. The van der Waals surface area contributed by atoms with Gasteiger partial charge in [0, 0.05) is 13.0 Å². The van der Waals surface area contributed by atoms with Crippen molar-refractivity contribution >= 4 is 5.97 Å². The van der Waals surface area contributed by atoms with E-state index in [1.54, 1.807) is 0 Å². The molecule has 17 heavy (non-hydrogen) atoms. The van der Waals surface area contributed by atoms with E-state index in [0.717, 1.165) is 31.4 Å². The lowest BCUT2D eigenvalue weighted by Crippen LogP contribution is -2.15. The molecule has 94 valence electrons. The van der Waals surface area contributed by atoms with Gasteiger partial charge in [0.15, 0.2) is 0 Å².